The minimum absolute atomic E-state index is 0.0266. The van der Waals surface area contributed by atoms with Crippen LogP contribution in [0.5, 0.6) is 0 Å². The van der Waals surface area contributed by atoms with Gasteiger partial charge in [-0.2, -0.15) is 0 Å². The first-order valence-electron chi connectivity index (χ1n) is 7.74. The summed E-state index contributed by atoms with van der Waals surface area (Å²) in [5, 5.41) is 17.4. The largest absolute Gasteiger partial charge is 0.481 e. The van der Waals surface area contributed by atoms with Crippen molar-refractivity contribution in [2.75, 3.05) is 13.1 Å². The molecule has 2 heterocycles. The van der Waals surface area contributed by atoms with Crippen LogP contribution in [0.2, 0.25) is 5.02 Å². The van der Waals surface area contributed by atoms with E-state index in [1.165, 1.54) is 16.8 Å². The molecule has 0 amide bonds. The highest BCUT2D eigenvalue weighted by Crippen LogP contribution is 2.23. The molecular weight excluding hydrogens is 335 g/mol. The minimum Gasteiger partial charge on any atom is -0.481 e. The zero-order valence-electron chi connectivity index (χ0n) is 13.2. The molecule has 1 aromatic heterocycles. The summed E-state index contributed by atoms with van der Waals surface area (Å²) >= 11 is 5.79. The third kappa shape index (κ3) is 3.73. The first-order chi connectivity index (χ1) is 11.4. The Balaban J connectivity index is 1.71. The molecule has 2 aromatic rings. The predicted octanol–water partition coefficient (Wildman–Crippen LogP) is 2.60. The lowest BCUT2D eigenvalue weighted by atomic mass is 9.90. The van der Waals surface area contributed by atoms with E-state index in [9.17, 15) is 14.3 Å². The average molecular weight is 353 g/mol. The first kappa shape index (κ1) is 16.9. The van der Waals surface area contributed by atoms with Gasteiger partial charge in [-0.1, -0.05) is 23.7 Å². The second-order valence-electron chi connectivity index (χ2n) is 6.32. The Morgan fingerprint density at radius 2 is 2.25 bits per heavy atom. The molecule has 1 fully saturated rings. The van der Waals surface area contributed by atoms with Crippen molar-refractivity contribution in [1.29, 1.82) is 0 Å². The topological polar surface area (TPSA) is 71.2 Å². The van der Waals surface area contributed by atoms with Crippen molar-refractivity contribution in [1.82, 2.24) is 19.9 Å². The average Bonchev–Trinajstić information content (AvgIpc) is 2.98. The number of carboxylic acid groups (broad SMARTS) is 1. The molecule has 1 aromatic carbocycles. The van der Waals surface area contributed by atoms with E-state index in [4.69, 9.17) is 11.6 Å². The molecular formula is C16H18ClFN4O2. The van der Waals surface area contributed by atoms with Gasteiger partial charge in [0.25, 0.3) is 0 Å². The van der Waals surface area contributed by atoms with Gasteiger partial charge in [0.1, 0.15) is 5.82 Å². The van der Waals surface area contributed by atoms with Crippen molar-refractivity contribution < 1.29 is 14.3 Å². The van der Waals surface area contributed by atoms with Gasteiger partial charge in [0, 0.05) is 19.6 Å². The van der Waals surface area contributed by atoms with E-state index >= 15 is 0 Å². The highest BCUT2D eigenvalue weighted by atomic mass is 35.5. The summed E-state index contributed by atoms with van der Waals surface area (Å²) in [6, 6.07) is 4.34. The molecule has 6 nitrogen and oxygen atoms in total. The molecule has 1 aliphatic rings. The SMILES string of the molecule is CC1CC(C(=O)O)CN(Cc2cn(-c3ccc(F)c(Cl)c3)nn2)C1. The van der Waals surface area contributed by atoms with Gasteiger partial charge in [0.15, 0.2) is 0 Å². The summed E-state index contributed by atoms with van der Waals surface area (Å²) in [4.78, 5) is 13.3. The number of aromatic nitrogens is 3. The van der Waals surface area contributed by atoms with Crippen LogP contribution >= 0.6 is 11.6 Å². The number of hydrogen-bond acceptors (Lipinski definition) is 4. The molecule has 0 saturated carbocycles. The normalized spacial score (nSPS) is 21.8. The van der Waals surface area contributed by atoms with Crippen LogP contribution in [0.1, 0.15) is 19.0 Å². The van der Waals surface area contributed by atoms with Gasteiger partial charge < -0.3 is 5.11 Å². The molecule has 128 valence electrons. The molecule has 2 unspecified atom stereocenters. The Hall–Kier alpha value is -1.99. The fraction of sp³-hybridized carbons (Fsp3) is 0.438. The Morgan fingerprint density at radius 1 is 1.46 bits per heavy atom. The minimum atomic E-state index is -0.754. The number of aliphatic carboxylic acids is 1. The van der Waals surface area contributed by atoms with Gasteiger partial charge in [-0.15, -0.1) is 5.10 Å². The van der Waals surface area contributed by atoms with Crippen molar-refractivity contribution >= 4 is 17.6 Å². The maximum atomic E-state index is 13.2. The van der Waals surface area contributed by atoms with Crippen molar-refractivity contribution in [2.45, 2.75) is 19.9 Å². The summed E-state index contributed by atoms with van der Waals surface area (Å²) in [6.45, 7) is 3.93. The van der Waals surface area contributed by atoms with Crippen LogP contribution in [0, 0.1) is 17.7 Å². The van der Waals surface area contributed by atoms with Crippen LogP contribution in [0.25, 0.3) is 5.69 Å². The fourth-order valence-corrected chi connectivity index (χ4v) is 3.30. The number of benzene rings is 1. The van der Waals surface area contributed by atoms with Gasteiger partial charge in [0.2, 0.25) is 0 Å². The van der Waals surface area contributed by atoms with E-state index < -0.39 is 11.8 Å². The molecule has 0 aliphatic carbocycles. The molecule has 1 N–H and O–H groups in total. The van der Waals surface area contributed by atoms with E-state index in [-0.39, 0.29) is 10.9 Å². The lowest BCUT2D eigenvalue weighted by Gasteiger charge is -2.34. The van der Waals surface area contributed by atoms with Crippen molar-refractivity contribution in [2.24, 2.45) is 11.8 Å². The van der Waals surface area contributed by atoms with Crippen LogP contribution in [0.3, 0.4) is 0 Å². The predicted molar refractivity (Wildman–Crippen MR) is 86.5 cm³/mol. The molecule has 2 atom stereocenters. The standard InChI is InChI=1S/C16H18ClFN4O2/c1-10-4-11(16(23)24)7-21(6-10)8-12-9-22(20-19-12)13-2-3-15(18)14(17)5-13/h2-3,5,9-11H,4,6-8H2,1H3,(H,23,24). The van der Waals surface area contributed by atoms with E-state index in [1.807, 2.05) is 0 Å². The van der Waals surface area contributed by atoms with Crippen LogP contribution in [0.15, 0.2) is 24.4 Å². The Labute approximate surface area is 143 Å². The van der Waals surface area contributed by atoms with E-state index in [0.717, 1.165) is 12.2 Å². The molecule has 8 heteroatoms. The van der Waals surface area contributed by atoms with Gasteiger partial charge in [-0.05, 0) is 30.5 Å². The molecule has 3 rings (SSSR count). The summed E-state index contributed by atoms with van der Waals surface area (Å²) in [6.07, 6.45) is 2.45. The third-order valence-corrected chi connectivity index (χ3v) is 4.47. The number of carboxylic acids is 1. The van der Waals surface area contributed by atoms with Crippen LogP contribution in [0.4, 0.5) is 4.39 Å². The zero-order valence-corrected chi connectivity index (χ0v) is 13.9. The molecule has 1 aliphatic heterocycles. The maximum Gasteiger partial charge on any atom is 0.307 e. The Kier molecular flexibility index (Phi) is 4.82. The zero-order chi connectivity index (χ0) is 17.3. The van der Waals surface area contributed by atoms with E-state index in [2.05, 4.69) is 22.1 Å². The number of hydrogen-bond donors (Lipinski definition) is 1. The molecule has 0 bridgehead atoms. The number of likely N-dealkylation sites (tertiary alicyclic amines) is 1. The van der Waals surface area contributed by atoms with Gasteiger partial charge >= 0.3 is 5.97 Å². The number of piperidine rings is 1. The lowest BCUT2D eigenvalue weighted by molar-refractivity contribution is -0.144. The van der Waals surface area contributed by atoms with Gasteiger partial charge in [-0.25, -0.2) is 9.07 Å². The van der Waals surface area contributed by atoms with Crippen molar-refractivity contribution in [3.8, 4) is 5.69 Å². The highest BCUT2D eigenvalue weighted by Gasteiger charge is 2.29. The second kappa shape index (κ2) is 6.86. The van der Waals surface area contributed by atoms with Crippen LogP contribution < -0.4 is 0 Å². The van der Waals surface area contributed by atoms with Crippen LogP contribution in [-0.2, 0) is 11.3 Å². The molecule has 24 heavy (non-hydrogen) atoms. The molecule has 1 saturated heterocycles. The molecule has 0 spiro atoms. The van der Waals surface area contributed by atoms with Crippen molar-refractivity contribution in [3.05, 3.63) is 40.9 Å². The highest BCUT2D eigenvalue weighted by molar-refractivity contribution is 6.30. The smallest absolute Gasteiger partial charge is 0.307 e. The van der Waals surface area contributed by atoms with Gasteiger partial charge in [0.05, 0.1) is 28.5 Å². The van der Waals surface area contributed by atoms with E-state index in [0.29, 0.717) is 31.1 Å². The van der Waals surface area contributed by atoms with E-state index in [1.54, 1.807) is 12.3 Å². The molecule has 0 radical (unpaired) electrons. The van der Waals surface area contributed by atoms with Crippen LogP contribution in [-0.4, -0.2) is 44.1 Å². The number of nitrogens with zero attached hydrogens (tertiary/aromatic N) is 4. The van der Waals surface area contributed by atoms with Crippen molar-refractivity contribution in [3.63, 3.8) is 0 Å². The summed E-state index contributed by atoms with van der Waals surface area (Å²) in [5.41, 5.74) is 1.35. The third-order valence-electron chi connectivity index (χ3n) is 4.18. The monoisotopic (exact) mass is 352 g/mol. The quantitative estimate of drug-likeness (QED) is 0.915. The number of rotatable bonds is 4. The Morgan fingerprint density at radius 3 is 2.96 bits per heavy atom. The summed E-state index contributed by atoms with van der Waals surface area (Å²) in [5.74, 6) is -1.26. The summed E-state index contributed by atoms with van der Waals surface area (Å²) < 4.78 is 14.8. The lowest BCUT2D eigenvalue weighted by Crippen LogP contribution is -2.42. The number of carbonyl (C=O) groups is 1. The Bertz CT molecular complexity index is 751. The maximum absolute atomic E-state index is 13.2. The fourth-order valence-electron chi connectivity index (χ4n) is 3.12. The first-order valence-corrected chi connectivity index (χ1v) is 8.12. The number of halogens is 2. The van der Waals surface area contributed by atoms with Gasteiger partial charge in [-0.3, -0.25) is 9.69 Å². The second-order valence-corrected chi connectivity index (χ2v) is 6.73. The summed E-state index contributed by atoms with van der Waals surface area (Å²) in [7, 11) is 0.